The van der Waals surface area contributed by atoms with E-state index in [0.717, 1.165) is 38.8 Å². The summed E-state index contributed by atoms with van der Waals surface area (Å²) in [5.41, 5.74) is 7.65. The zero-order valence-corrected chi connectivity index (χ0v) is 16.1. The maximum absolute atomic E-state index is 10.0. The van der Waals surface area contributed by atoms with Crippen molar-refractivity contribution in [3.8, 4) is 0 Å². The molecule has 0 unspecified atom stereocenters. The van der Waals surface area contributed by atoms with Crippen molar-refractivity contribution in [2.75, 3.05) is 13.1 Å². The standard InChI is InChI=1S/C10H18O4.C9H22N2/c11-9(12)7-5-3-1-2-4-6-8-10(13)14;10-8-6-4-2-1-3-5-7-9-11/h1-8H2,(H,11,12)(H,13,14);1-11H2. The maximum Gasteiger partial charge on any atom is 0.0739 e. The second-order valence-corrected chi connectivity index (χ2v) is 6.55. The summed E-state index contributed by atoms with van der Waals surface area (Å²) in [5.74, 6) is -2.00. The molecule has 0 spiro atoms. The van der Waals surface area contributed by atoms with Crippen LogP contribution in [0.25, 0.3) is 0 Å². The predicted molar refractivity (Wildman–Crippen MR) is 94.8 cm³/mol. The monoisotopic (exact) mass is 360 g/mol. The average Bonchev–Trinajstić information content (AvgIpc) is 2.56. The second kappa shape index (κ2) is 22.9. The summed E-state index contributed by atoms with van der Waals surface area (Å²) in [6.45, 7) is 2.22. The molecule has 0 heterocycles. The van der Waals surface area contributed by atoms with Crippen LogP contribution in [0.2, 0.25) is 0 Å². The molecule has 0 aliphatic heterocycles. The Morgan fingerprint density at radius 1 is 0.480 bits per heavy atom. The minimum atomic E-state index is -0.998. The molecule has 0 aromatic carbocycles. The molecule has 0 aromatic heterocycles. The smallest absolute Gasteiger partial charge is 0.0739 e. The van der Waals surface area contributed by atoms with Gasteiger partial charge in [-0.05, 0) is 51.4 Å². The number of hydrogen-bond acceptors (Lipinski definition) is 4. The lowest BCUT2D eigenvalue weighted by atomic mass is 10.1. The number of carboxylic acid groups (broad SMARTS) is 2. The topological polar surface area (TPSA) is 136 Å². The van der Waals surface area contributed by atoms with Gasteiger partial charge in [0.1, 0.15) is 0 Å². The van der Waals surface area contributed by atoms with Gasteiger partial charge in [0.2, 0.25) is 0 Å². The first-order valence-corrected chi connectivity index (χ1v) is 10.0. The summed E-state index contributed by atoms with van der Waals surface area (Å²) in [5, 5.41) is 20.1. The van der Waals surface area contributed by atoms with Crippen molar-refractivity contribution in [1.29, 1.82) is 0 Å². The van der Waals surface area contributed by atoms with E-state index in [1.165, 1.54) is 44.9 Å². The summed E-state index contributed by atoms with van der Waals surface area (Å²) < 4.78 is 0. The third-order valence-electron chi connectivity index (χ3n) is 4.01. The minimum Gasteiger partial charge on any atom is -0.550 e. The second-order valence-electron chi connectivity index (χ2n) is 6.55. The molecule has 0 saturated carbocycles. The summed E-state index contributed by atoms with van der Waals surface area (Å²) in [7, 11) is 0. The Kier molecular flexibility index (Phi) is 23.9. The quantitative estimate of drug-likeness (QED) is 0.347. The number of carbonyl (C=O) groups excluding carboxylic acids is 2. The van der Waals surface area contributed by atoms with Crippen LogP contribution >= 0.6 is 0 Å². The molecule has 0 fully saturated rings. The lowest BCUT2D eigenvalue weighted by molar-refractivity contribution is -0.368. The van der Waals surface area contributed by atoms with Crippen molar-refractivity contribution >= 4 is 11.9 Å². The fraction of sp³-hybridized carbons (Fsp3) is 0.895. The van der Waals surface area contributed by atoms with Crippen LogP contribution in [0.5, 0.6) is 0 Å². The van der Waals surface area contributed by atoms with Crippen molar-refractivity contribution in [3.63, 3.8) is 0 Å². The fourth-order valence-electron chi connectivity index (χ4n) is 2.48. The zero-order valence-electron chi connectivity index (χ0n) is 16.1. The van der Waals surface area contributed by atoms with Gasteiger partial charge >= 0.3 is 0 Å². The molecule has 150 valence electrons. The molecule has 0 radical (unpaired) electrons. The number of carbonyl (C=O) groups is 2. The molecule has 0 rings (SSSR count). The van der Waals surface area contributed by atoms with Crippen LogP contribution < -0.4 is 21.7 Å². The van der Waals surface area contributed by atoms with E-state index in [-0.39, 0.29) is 12.8 Å². The number of hydrogen-bond donors (Lipinski definition) is 2. The van der Waals surface area contributed by atoms with Crippen LogP contribution in [0.1, 0.15) is 96.3 Å². The van der Waals surface area contributed by atoms with Crippen molar-refractivity contribution in [2.45, 2.75) is 96.3 Å². The third-order valence-corrected chi connectivity index (χ3v) is 4.01. The van der Waals surface area contributed by atoms with Crippen LogP contribution in [0.4, 0.5) is 0 Å². The molecule has 6 heteroatoms. The molecular formula is C19H40N2O4. The SMILES string of the molecule is O=C([O-])CCCCCCCCC(=O)[O-].[NH3+]CCCCCCCCC[NH3+]. The normalized spacial score (nSPS) is 10.2. The lowest BCUT2D eigenvalue weighted by Gasteiger charge is -2.03. The molecule has 6 nitrogen and oxygen atoms in total. The van der Waals surface area contributed by atoms with Crippen molar-refractivity contribution in [1.82, 2.24) is 0 Å². The lowest BCUT2D eigenvalue weighted by Crippen LogP contribution is -2.50. The highest BCUT2D eigenvalue weighted by molar-refractivity contribution is 5.64. The highest BCUT2D eigenvalue weighted by Crippen LogP contribution is 2.08. The Balaban J connectivity index is 0. The molecule has 6 N–H and O–H groups in total. The molecule has 0 atom stereocenters. The highest BCUT2D eigenvalue weighted by atomic mass is 16.4. The van der Waals surface area contributed by atoms with Crippen molar-refractivity contribution in [2.24, 2.45) is 0 Å². The summed E-state index contributed by atoms with van der Waals surface area (Å²) in [6.07, 6.45) is 14.9. The van der Waals surface area contributed by atoms with E-state index in [9.17, 15) is 19.8 Å². The van der Waals surface area contributed by atoms with E-state index in [1.54, 1.807) is 0 Å². The van der Waals surface area contributed by atoms with E-state index in [0.29, 0.717) is 12.8 Å². The molecule has 25 heavy (non-hydrogen) atoms. The Morgan fingerprint density at radius 3 is 0.960 bits per heavy atom. The number of aliphatic carboxylic acids is 2. The molecule has 0 saturated heterocycles. The summed E-state index contributed by atoms with van der Waals surface area (Å²) >= 11 is 0. The number of carboxylic acids is 2. The fourth-order valence-corrected chi connectivity index (χ4v) is 2.48. The largest absolute Gasteiger partial charge is 0.550 e. The van der Waals surface area contributed by atoms with Crippen molar-refractivity contribution in [3.05, 3.63) is 0 Å². The van der Waals surface area contributed by atoms with Crippen LogP contribution in [0.3, 0.4) is 0 Å². The molecule has 0 aliphatic carbocycles. The predicted octanol–water partition coefficient (Wildman–Crippen LogP) is -0.192. The van der Waals surface area contributed by atoms with Gasteiger partial charge in [0.15, 0.2) is 0 Å². The Bertz CT molecular complexity index is 271. The molecular weight excluding hydrogens is 320 g/mol. The van der Waals surface area contributed by atoms with Gasteiger partial charge < -0.3 is 31.3 Å². The summed E-state index contributed by atoms with van der Waals surface area (Å²) in [6, 6.07) is 0. The maximum atomic E-state index is 10.0. The Labute approximate surface area is 153 Å². The van der Waals surface area contributed by atoms with Crippen LogP contribution in [-0.4, -0.2) is 25.0 Å². The highest BCUT2D eigenvalue weighted by Gasteiger charge is 1.93. The van der Waals surface area contributed by atoms with Crippen LogP contribution in [-0.2, 0) is 9.59 Å². The number of quaternary nitrogens is 2. The van der Waals surface area contributed by atoms with Gasteiger partial charge in [0.05, 0.1) is 13.1 Å². The van der Waals surface area contributed by atoms with E-state index in [4.69, 9.17) is 0 Å². The minimum absolute atomic E-state index is 0.124. The van der Waals surface area contributed by atoms with E-state index in [1.807, 2.05) is 0 Å². The van der Waals surface area contributed by atoms with Gasteiger partial charge in [0, 0.05) is 11.9 Å². The van der Waals surface area contributed by atoms with E-state index >= 15 is 0 Å². The Hall–Kier alpha value is -1.14. The molecule has 0 aromatic rings. The van der Waals surface area contributed by atoms with Gasteiger partial charge in [-0.1, -0.05) is 44.9 Å². The number of rotatable bonds is 17. The first kappa shape index (κ1) is 26.1. The molecule has 0 aliphatic rings. The van der Waals surface area contributed by atoms with Gasteiger partial charge in [-0.15, -0.1) is 0 Å². The Morgan fingerprint density at radius 2 is 0.720 bits per heavy atom. The molecule has 0 bridgehead atoms. The van der Waals surface area contributed by atoms with Crippen LogP contribution in [0, 0.1) is 0 Å². The van der Waals surface area contributed by atoms with Crippen LogP contribution in [0.15, 0.2) is 0 Å². The van der Waals surface area contributed by atoms with Gasteiger partial charge in [0.25, 0.3) is 0 Å². The van der Waals surface area contributed by atoms with E-state index < -0.39 is 11.9 Å². The van der Waals surface area contributed by atoms with Gasteiger partial charge in [-0.2, -0.15) is 0 Å². The zero-order chi connectivity index (χ0) is 19.2. The van der Waals surface area contributed by atoms with E-state index in [2.05, 4.69) is 11.5 Å². The van der Waals surface area contributed by atoms with Gasteiger partial charge in [-0.3, -0.25) is 0 Å². The van der Waals surface area contributed by atoms with Crippen molar-refractivity contribution < 1.29 is 31.3 Å². The third kappa shape index (κ3) is 31.2. The van der Waals surface area contributed by atoms with Gasteiger partial charge in [-0.25, -0.2) is 0 Å². The first-order valence-electron chi connectivity index (χ1n) is 10.0. The first-order chi connectivity index (χ1) is 12.0. The summed E-state index contributed by atoms with van der Waals surface area (Å²) in [4.78, 5) is 20.1. The average molecular weight is 361 g/mol. The molecule has 0 amide bonds. The number of unbranched alkanes of at least 4 members (excludes halogenated alkanes) is 11.